The topological polar surface area (TPSA) is 57.5 Å². The molecule has 1 aromatic rings. The summed E-state index contributed by atoms with van der Waals surface area (Å²) in [5.41, 5.74) is 2.37. The third-order valence-electron chi connectivity index (χ3n) is 6.24. The van der Waals surface area contributed by atoms with Gasteiger partial charge in [0.1, 0.15) is 0 Å². The third-order valence-corrected chi connectivity index (χ3v) is 6.79. The maximum absolute atomic E-state index is 10.6. The van der Waals surface area contributed by atoms with Crippen molar-refractivity contribution in [1.82, 2.24) is 0 Å². The largest absolute Gasteiger partial charge is 0.481 e. The van der Waals surface area contributed by atoms with Gasteiger partial charge in [0, 0.05) is 11.8 Å². The molecule has 0 amide bonds. The van der Waals surface area contributed by atoms with E-state index < -0.39 is 5.97 Å². The fourth-order valence-electron chi connectivity index (χ4n) is 4.54. The van der Waals surface area contributed by atoms with Gasteiger partial charge in [-0.15, -0.1) is 11.6 Å². The Morgan fingerprint density at radius 2 is 1.79 bits per heavy atom. The first-order valence-corrected chi connectivity index (χ1v) is 11.6. The van der Waals surface area contributed by atoms with Gasteiger partial charge in [-0.2, -0.15) is 0 Å². The summed E-state index contributed by atoms with van der Waals surface area (Å²) in [4.78, 5) is 10.6. The summed E-state index contributed by atoms with van der Waals surface area (Å²) in [5, 5.41) is 19.3. The fraction of sp³-hybridized carbons (Fsp3) is 0.708. The number of halogens is 1. The Morgan fingerprint density at radius 3 is 2.46 bits per heavy atom. The number of alkyl halides is 1. The van der Waals surface area contributed by atoms with E-state index in [9.17, 15) is 9.90 Å². The molecule has 28 heavy (non-hydrogen) atoms. The Bertz CT molecular complexity index is 572. The number of hydrogen-bond acceptors (Lipinski definition) is 2. The SMILES string of the molecule is CCCCCC(O)c1ccc(C2CC[C@@H](Cl)[C@@H]2CCCCCCC(=O)O)cc1. The second-order valence-corrected chi connectivity index (χ2v) is 8.95. The van der Waals surface area contributed by atoms with Crippen LogP contribution in [0, 0.1) is 5.92 Å². The highest BCUT2D eigenvalue weighted by Crippen LogP contribution is 2.45. The molecule has 1 saturated carbocycles. The first-order chi connectivity index (χ1) is 13.5. The number of hydrogen-bond donors (Lipinski definition) is 2. The Kier molecular flexibility index (Phi) is 10.4. The van der Waals surface area contributed by atoms with Gasteiger partial charge in [0.15, 0.2) is 0 Å². The van der Waals surface area contributed by atoms with E-state index in [1.165, 1.54) is 18.4 Å². The molecule has 2 unspecified atom stereocenters. The number of carbonyl (C=O) groups is 1. The van der Waals surface area contributed by atoms with E-state index in [0.29, 0.717) is 11.8 Å². The highest BCUT2D eigenvalue weighted by atomic mass is 35.5. The zero-order valence-corrected chi connectivity index (χ0v) is 18.0. The van der Waals surface area contributed by atoms with Crippen molar-refractivity contribution in [3.8, 4) is 0 Å². The van der Waals surface area contributed by atoms with Crippen LogP contribution in [0.2, 0.25) is 0 Å². The summed E-state index contributed by atoms with van der Waals surface area (Å²) in [7, 11) is 0. The lowest BCUT2D eigenvalue weighted by molar-refractivity contribution is -0.137. The lowest BCUT2D eigenvalue weighted by Crippen LogP contribution is -2.14. The zero-order valence-electron chi connectivity index (χ0n) is 17.3. The Balaban J connectivity index is 1.83. The van der Waals surface area contributed by atoms with Gasteiger partial charge in [-0.05, 0) is 55.1 Å². The lowest BCUT2D eigenvalue weighted by atomic mass is 9.84. The molecule has 2 N–H and O–H groups in total. The van der Waals surface area contributed by atoms with Gasteiger partial charge < -0.3 is 10.2 Å². The molecule has 0 heterocycles. The predicted molar refractivity (Wildman–Crippen MR) is 116 cm³/mol. The molecule has 0 radical (unpaired) electrons. The van der Waals surface area contributed by atoms with Gasteiger partial charge >= 0.3 is 5.97 Å². The quantitative estimate of drug-likeness (QED) is 0.278. The molecule has 0 bridgehead atoms. The molecule has 1 fully saturated rings. The van der Waals surface area contributed by atoms with E-state index in [4.69, 9.17) is 16.7 Å². The van der Waals surface area contributed by atoms with Crippen LogP contribution in [0.25, 0.3) is 0 Å². The molecule has 3 nitrogen and oxygen atoms in total. The highest BCUT2D eigenvalue weighted by molar-refractivity contribution is 6.21. The van der Waals surface area contributed by atoms with Crippen LogP contribution in [-0.2, 0) is 4.79 Å². The number of carboxylic acid groups (broad SMARTS) is 1. The number of benzene rings is 1. The average Bonchev–Trinajstić information content (AvgIpc) is 3.05. The third kappa shape index (κ3) is 7.40. The molecular weight excluding hydrogens is 372 g/mol. The predicted octanol–water partition coefficient (Wildman–Crippen LogP) is 6.83. The number of aliphatic hydroxyl groups is 1. The van der Waals surface area contributed by atoms with Gasteiger partial charge in [0.05, 0.1) is 6.10 Å². The molecule has 1 aliphatic rings. The zero-order chi connectivity index (χ0) is 20.4. The Labute approximate surface area is 175 Å². The van der Waals surface area contributed by atoms with Crippen molar-refractivity contribution in [2.24, 2.45) is 5.92 Å². The number of aliphatic carboxylic acids is 1. The Morgan fingerprint density at radius 1 is 1.07 bits per heavy atom. The summed E-state index contributed by atoms with van der Waals surface area (Å²) >= 11 is 6.64. The van der Waals surface area contributed by atoms with Crippen molar-refractivity contribution in [3.05, 3.63) is 35.4 Å². The van der Waals surface area contributed by atoms with E-state index in [0.717, 1.165) is 63.4 Å². The summed E-state index contributed by atoms with van der Waals surface area (Å²) in [6, 6.07) is 8.57. The molecular formula is C24H37ClO3. The number of unbranched alkanes of at least 4 members (excludes halogenated alkanes) is 5. The van der Waals surface area contributed by atoms with E-state index in [1.807, 2.05) is 0 Å². The van der Waals surface area contributed by atoms with Gasteiger partial charge in [-0.25, -0.2) is 0 Å². The minimum Gasteiger partial charge on any atom is -0.481 e. The van der Waals surface area contributed by atoms with E-state index >= 15 is 0 Å². The van der Waals surface area contributed by atoms with Gasteiger partial charge in [0.25, 0.3) is 0 Å². The first-order valence-electron chi connectivity index (χ1n) is 11.2. The van der Waals surface area contributed by atoms with Crippen LogP contribution < -0.4 is 0 Å². The van der Waals surface area contributed by atoms with Gasteiger partial charge in [0.2, 0.25) is 0 Å². The molecule has 0 aromatic heterocycles. The summed E-state index contributed by atoms with van der Waals surface area (Å²) in [6.45, 7) is 2.18. The van der Waals surface area contributed by atoms with Gasteiger partial charge in [-0.3, -0.25) is 4.79 Å². The maximum atomic E-state index is 10.6. The normalized spacial score (nSPS) is 23.0. The number of aliphatic hydroxyl groups excluding tert-OH is 1. The van der Waals surface area contributed by atoms with Crippen LogP contribution in [0.1, 0.15) is 107 Å². The van der Waals surface area contributed by atoms with Crippen LogP contribution in [-0.4, -0.2) is 21.6 Å². The first kappa shape index (κ1) is 23.2. The fourth-order valence-corrected chi connectivity index (χ4v) is 4.97. The van der Waals surface area contributed by atoms with Gasteiger partial charge in [-0.1, -0.05) is 69.7 Å². The summed E-state index contributed by atoms with van der Waals surface area (Å²) in [6.07, 6.45) is 11.5. The standard InChI is InChI=1S/C24H37ClO3/c1-2-3-6-10-23(26)19-14-12-18(13-15-19)20-16-17-22(25)21(20)9-7-4-5-8-11-24(27)28/h12-15,20-23,26H,2-11,16-17H2,1H3,(H,27,28)/t20?,21-,22-,23?/m1/s1. The van der Waals surface area contributed by atoms with Crippen molar-refractivity contribution in [2.45, 2.75) is 101 Å². The molecule has 1 aromatic carbocycles. The number of carboxylic acids is 1. The van der Waals surface area contributed by atoms with Crippen molar-refractivity contribution in [1.29, 1.82) is 0 Å². The van der Waals surface area contributed by atoms with Crippen molar-refractivity contribution >= 4 is 17.6 Å². The monoisotopic (exact) mass is 408 g/mol. The van der Waals surface area contributed by atoms with Crippen LogP contribution >= 0.6 is 11.6 Å². The minimum absolute atomic E-state index is 0.239. The molecule has 0 saturated heterocycles. The van der Waals surface area contributed by atoms with Crippen LogP contribution in [0.4, 0.5) is 0 Å². The van der Waals surface area contributed by atoms with Crippen LogP contribution in [0.3, 0.4) is 0 Å². The highest BCUT2D eigenvalue weighted by Gasteiger charge is 2.35. The molecule has 4 atom stereocenters. The van der Waals surface area contributed by atoms with Crippen molar-refractivity contribution in [3.63, 3.8) is 0 Å². The smallest absolute Gasteiger partial charge is 0.303 e. The van der Waals surface area contributed by atoms with Crippen molar-refractivity contribution < 1.29 is 15.0 Å². The average molecular weight is 409 g/mol. The molecule has 4 heteroatoms. The van der Waals surface area contributed by atoms with Crippen LogP contribution in [0.15, 0.2) is 24.3 Å². The van der Waals surface area contributed by atoms with E-state index in [1.54, 1.807) is 0 Å². The van der Waals surface area contributed by atoms with E-state index in [2.05, 4.69) is 31.2 Å². The molecule has 158 valence electrons. The lowest BCUT2D eigenvalue weighted by Gasteiger charge is -2.23. The Hall–Kier alpha value is -1.06. The summed E-state index contributed by atoms with van der Waals surface area (Å²) in [5.74, 6) is 0.310. The number of rotatable bonds is 13. The molecule has 0 spiro atoms. The maximum Gasteiger partial charge on any atom is 0.303 e. The second-order valence-electron chi connectivity index (χ2n) is 8.39. The minimum atomic E-state index is -0.699. The summed E-state index contributed by atoms with van der Waals surface area (Å²) < 4.78 is 0. The second kappa shape index (κ2) is 12.5. The van der Waals surface area contributed by atoms with E-state index in [-0.39, 0.29) is 17.9 Å². The molecule has 2 rings (SSSR count). The molecule has 1 aliphatic carbocycles. The van der Waals surface area contributed by atoms with Crippen molar-refractivity contribution in [2.75, 3.05) is 0 Å². The molecule has 0 aliphatic heterocycles. The van der Waals surface area contributed by atoms with Crippen LogP contribution in [0.5, 0.6) is 0 Å².